The van der Waals surface area contributed by atoms with Crippen LogP contribution in [0.2, 0.25) is 0 Å². The van der Waals surface area contributed by atoms with E-state index in [1.807, 2.05) is 17.3 Å². The number of nitrogens with one attached hydrogen (secondary N) is 1. The first-order valence-corrected chi connectivity index (χ1v) is 10.7. The van der Waals surface area contributed by atoms with Gasteiger partial charge in [0.15, 0.2) is 0 Å². The van der Waals surface area contributed by atoms with Crippen molar-refractivity contribution < 1.29 is 9.59 Å². The lowest BCUT2D eigenvalue weighted by molar-refractivity contribution is -0.136. The van der Waals surface area contributed by atoms with Crippen molar-refractivity contribution in [2.24, 2.45) is 0 Å². The van der Waals surface area contributed by atoms with Crippen LogP contribution in [0, 0.1) is 6.92 Å². The predicted octanol–water partition coefficient (Wildman–Crippen LogP) is 2.32. The molecule has 1 N–H and O–H groups in total. The maximum atomic E-state index is 13.2. The van der Waals surface area contributed by atoms with E-state index in [1.165, 1.54) is 4.88 Å². The molecule has 1 aromatic heterocycles. The molecule has 0 aromatic carbocycles. The summed E-state index contributed by atoms with van der Waals surface area (Å²) < 4.78 is 0. The van der Waals surface area contributed by atoms with Crippen molar-refractivity contribution in [2.75, 3.05) is 26.2 Å². The summed E-state index contributed by atoms with van der Waals surface area (Å²) in [6, 6.07) is -0.0512. The molecule has 3 rings (SSSR count). The zero-order valence-corrected chi connectivity index (χ0v) is 16.5. The number of amides is 2. The Labute approximate surface area is 160 Å². The van der Waals surface area contributed by atoms with Gasteiger partial charge in [-0.15, -0.1) is 11.3 Å². The highest BCUT2D eigenvalue weighted by Gasteiger charge is 2.34. The first kappa shape index (κ1) is 19.3. The standard InChI is InChI=1S/C19H30N4O2S/c1-15-17(26-14-21-15)13-23-11-6-7-16(23)19(25)22-10-5-3-2-4-9-20-18(24)8-12-22/h14,16H,2-13H2,1H3,(H,20,24)/t16-/m0/s1. The third-order valence-corrected chi connectivity index (χ3v) is 6.36. The lowest BCUT2D eigenvalue weighted by atomic mass is 10.1. The molecule has 3 heterocycles. The van der Waals surface area contributed by atoms with Gasteiger partial charge in [0.25, 0.3) is 0 Å². The van der Waals surface area contributed by atoms with Crippen molar-refractivity contribution in [3.05, 3.63) is 16.1 Å². The highest BCUT2D eigenvalue weighted by molar-refractivity contribution is 7.09. The molecule has 2 fully saturated rings. The van der Waals surface area contributed by atoms with E-state index in [2.05, 4.69) is 15.2 Å². The van der Waals surface area contributed by atoms with Crippen molar-refractivity contribution in [3.63, 3.8) is 0 Å². The average molecular weight is 379 g/mol. The van der Waals surface area contributed by atoms with Gasteiger partial charge in [-0.3, -0.25) is 14.5 Å². The molecule has 1 atom stereocenters. The molecule has 1 aromatic rings. The Kier molecular flexibility index (Phi) is 7.02. The summed E-state index contributed by atoms with van der Waals surface area (Å²) in [6.45, 7) is 5.87. The third-order valence-electron chi connectivity index (χ3n) is 5.44. The molecular formula is C19H30N4O2S. The molecule has 0 radical (unpaired) electrons. The molecule has 2 amide bonds. The van der Waals surface area contributed by atoms with Crippen LogP contribution in [-0.4, -0.2) is 58.8 Å². The van der Waals surface area contributed by atoms with Crippen molar-refractivity contribution in [1.82, 2.24) is 20.1 Å². The van der Waals surface area contributed by atoms with Crippen molar-refractivity contribution in [2.45, 2.75) is 64.5 Å². The minimum Gasteiger partial charge on any atom is -0.356 e. The van der Waals surface area contributed by atoms with E-state index in [9.17, 15) is 9.59 Å². The van der Waals surface area contributed by atoms with Crippen LogP contribution in [0.3, 0.4) is 0 Å². The fourth-order valence-corrected chi connectivity index (χ4v) is 4.64. The largest absolute Gasteiger partial charge is 0.356 e. The van der Waals surface area contributed by atoms with Gasteiger partial charge in [-0.2, -0.15) is 0 Å². The fraction of sp³-hybridized carbons (Fsp3) is 0.737. The molecule has 0 aliphatic carbocycles. The highest BCUT2D eigenvalue weighted by Crippen LogP contribution is 2.25. The number of likely N-dealkylation sites (tertiary alicyclic amines) is 1. The van der Waals surface area contributed by atoms with E-state index in [0.29, 0.717) is 13.0 Å². The van der Waals surface area contributed by atoms with Gasteiger partial charge in [-0.1, -0.05) is 12.8 Å². The van der Waals surface area contributed by atoms with Crippen LogP contribution in [0.1, 0.15) is 55.5 Å². The maximum Gasteiger partial charge on any atom is 0.239 e. The van der Waals surface area contributed by atoms with E-state index in [1.54, 1.807) is 11.3 Å². The highest BCUT2D eigenvalue weighted by atomic mass is 32.1. The first-order valence-electron chi connectivity index (χ1n) is 9.83. The second-order valence-corrected chi connectivity index (χ2v) is 8.27. The van der Waals surface area contributed by atoms with Crippen molar-refractivity contribution in [3.8, 4) is 0 Å². The number of hydrogen-bond acceptors (Lipinski definition) is 5. The number of nitrogens with zero attached hydrogens (tertiary/aromatic N) is 3. The second-order valence-electron chi connectivity index (χ2n) is 7.33. The number of aryl methyl sites for hydroxylation is 1. The molecule has 2 aliphatic rings. The average Bonchev–Trinajstić information content (AvgIpc) is 3.24. The minimum atomic E-state index is -0.0512. The summed E-state index contributed by atoms with van der Waals surface area (Å²) in [4.78, 5) is 35.0. The Bertz CT molecular complexity index is 618. The van der Waals surface area contributed by atoms with Gasteiger partial charge in [0.1, 0.15) is 0 Å². The summed E-state index contributed by atoms with van der Waals surface area (Å²) in [6.07, 6.45) is 6.68. The fourth-order valence-electron chi connectivity index (χ4n) is 3.83. The SMILES string of the molecule is Cc1ncsc1CN1CCC[C@H]1C(=O)N1CCCCCCNC(=O)CC1. The van der Waals surface area contributed by atoms with Crippen LogP contribution in [0.5, 0.6) is 0 Å². The van der Waals surface area contributed by atoms with Gasteiger partial charge < -0.3 is 10.2 Å². The molecule has 0 saturated carbocycles. The van der Waals surface area contributed by atoms with Gasteiger partial charge >= 0.3 is 0 Å². The van der Waals surface area contributed by atoms with Crippen LogP contribution in [-0.2, 0) is 16.1 Å². The molecule has 7 heteroatoms. The molecule has 26 heavy (non-hydrogen) atoms. The molecule has 0 bridgehead atoms. The number of thiazole rings is 1. The Morgan fingerprint density at radius 3 is 2.88 bits per heavy atom. The monoisotopic (exact) mass is 378 g/mol. The first-order chi connectivity index (χ1) is 12.6. The predicted molar refractivity (Wildman–Crippen MR) is 103 cm³/mol. The van der Waals surface area contributed by atoms with Crippen LogP contribution >= 0.6 is 11.3 Å². The second kappa shape index (κ2) is 9.46. The number of rotatable bonds is 3. The normalized spacial score (nSPS) is 23.5. The van der Waals surface area contributed by atoms with Crippen LogP contribution in [0.4, 0.5) is 0 Å². The molecule has 0 spiro atoms. The number of carbonyl (C=O) groups is 2. The number of hydrogen-bond donors (Lipinski definition) is 1. The Balaban J connectivity index is 1.64. The summed E-state index contributed by atoms with van der Waals surface area (Å²) in [5, 5.41) is 2.96. The number of carbonyl (C=O) groups excluding carboxylic acids is 2. The topological polar surface area (TPSA) is 65.5 Å². The van der Waals surface area contributed by atoms with E-state index in [0.717, 1.165) is 70.4 Å². The van der Waals surface area contributed by atoms with Crippen LogP contribution in [0.15, 0.2) is 5.51 Å². The van der Waals surface area contributed by atoms with E-state index < -0.39 is 0 Å². The summed E-state index contributed by atoms with van der Waals surface area (Å²) in [5.41, 5.74) is 2.95. The van der Waals surface area contributed by atoms with E-state index in [4.69, 9.17) is 0 Å². The molecule has 0 unspecified atom stereocenters. The van der Waals surface area contributed by atoms with Crippen LogP contribution in [0.25, 0.3) is 0 Å². The van der Waals surface area contributed by atoms with Gasteiger partial charge in [0.2, 0.25) is 11.8 Å². The Morgan fingerprint density at radius 2 is 2.08 bits per heavy atom. The molecule has 6 nitrogen and oxygen atoms in total. The lowest BCUT2D eigenvalue weighted by Crippen LogP contribution is -2.46. The molecule has 2 aliphatic heterocycles. The summed E-state index contributed by atoms with van der Waals surface area (Å²) in [5.74, 6) is 0.268. The van der Waals surface area contributed by atoms with Crippen molar-refractivity contribution in [1.29, 1.82) is 0 Å². The molecular weight excluding hydrogens is 348 g/mol. The van der Waals surface area contributed by atoms with Gasteiger partial charge in [0, 0.05) is 37.5 Å². The zero-order valence-electron chi connectivity index (χ0n) is 15.7. The quantitative estimate of drug-likeness (QED) is 0.877. The molecule has 2 saturated heterocycles. The van der Waals surface area contributed by atoms with Gasteiger partial charge in [-0.25, -0.2) is 4.98 Å². The Hall–Kier alpha value is -1.47. The third kappa shape index (κ3) is 5.04. The number of aromatic nitrogens is 1. The van der Waals surface area contributed by atoms with Crippen LogP contribution < -0.4 is 5.32 Å². The van der Waals surface area contributed by atoms with Gasteiger partial charge in [-0.05, 0) is 39.2 Å². The molecule has 144 valence electrons. The summed E-state index contributed by atoms with van der Waals surface area (Å²) in [7, 11) is 0. The maximum absolute atomic E-state index is 13.2. The zero-order chi connectivity index (χ0) is 18.4. The smallest absolute Gasteiger partial charge is 0.239 e. The van der Waals surface area contributed by atoms with Gasteiger partial charge in [0.05, 0.1) is 17.2 Å². The minimum absolute atomic E-state index is 0.0512. The summed E-state index contributed by atoms with van der Waals surface area (Å²) >= 11 is 1.67. The Morgan fingerprint density at radius 1 is 1.23 bits per heavy atom. The van der Waals surface area contributed by atoms with E-state index >= 15 is 0 Å². The van der Waals surface area contributed by atoms with Crippen molar-refractivity contribution >= 4 is 23.2 Å². The lowest BCUT2D eigenvalue weighted by Gasteiger charge is -2.30. The van der Waals surface area contributed by atoms with E-state index in [-0.39, 0.29) is 17.9 Å².